The second-order valence-corrected chi connectivity index (χ2v) is 8.90. The fraction of sp³-hybridized carbons (Fsp3) is 0.556. The molecule has 2 N–H and O–H groups in total. The third kappa shape index (κ3) is 7.09. The fourth-order valence-corrected chi connectivity index (χ4v) is 3.32. The molecule has 2 rings (SSSR count). The lowest BCUT2D eigenvalue weighted by atomic mass is 10.0. The highest BCUT2D eigenvalue weighted by Crippen LogP contribution is 2.16. The number of benzene rings is 1. The van der Waals surface area contributed by atoms with Crippen molar-refractivity contribution < 1.29 is 22.7 Å². The summed E-state index contributed by atoms with van der Waals surface area (Å²) in [7, 11) is -3.35. The number of nitrogens with zero attached hydrogens (tertiary/aromatic N) is 1. The first-order chi connectivity index (χ1) is 12.6. The molecule has 1 heterocycles. The maximum absolute atomic E-state index is 12.6. The number of likely N-dealkylation sites (tertiary alicyclic amines) is 1. The van der Waals surface area contributed by atoms with Crippen LogP contribution >= 0.6 is 0 Å². The molecule has 0 radical (unpaired) electrons. The predicted octanol–water partition coefficient (Wildman–Crippen LogP) is 2.04. The molecule has 9 heteroatoms. The van der Waals surface area contributed by atoms with E-state index in [1.54, 1.807) is 29.2 Å². The van der Waals surface area contributed by atoms with Crippen LogP contribution in [0.25, 0.3) is 0 Å². The van der Waals surface area contributed by atoms with Gasteiger partial charge in [-0.2, -0.15) is 0 Å². The second-order valence-electron chi connectivity index (χ2n) is 7.15. The Hall–Kier alpha value is -2.29. The van der Waals surface area contributed by atoms with Gasteiger partial charge in [0.15, 0.2) is 0 Å². The third-order valence-corrected chi connectivity index (χ3v) is 4.69. The summed E-state index contributed by atoms with van der Waals surface area (Å²) < 4.78 is 29.9. The molecule has 1 aliphatic heterocycles. The van der Waals surface area contributed by atoms with E-state index in [-0.39, 0.29) is 17.9 Å². The lowest BCUT2D eigenvalue weighted by Crippen LogP contribution is -2.46. The van der Waals surface area contributed by atoms with Crippen molar-refractivity contribution in [1.29, 1.82) is 0 Å². The largest absolute Gasteiger partial charge is 0.449 e. The van der Waals surface area contributed by atoms with Crippen molar-refractivity contribution in [2.75, 3.05) is 30.7 Å². The van der Waals surface area contributed by atoms with Gasteiger partial charge in [0.1, 0.15) is 0 Å². The van der Waals surface area contributed by atoms with E-state index in [1.165, 1.54) is 0 Å². The molecular weight excluding hydrogens is 370 g/mol. The van der Waals surface area contributed by atoms with Crippen molar-refractivity contribution in [1.82, 2.24) is 10.2 Å². The summed E-state index contributed by atoms with van der Waals surface area (Å²) in [4.78, 5) is 26.0. The van der Waals surface area contributed by atoms with Crippen LogP contribution in [0.4, 0.5) is 10.5 Å². The maximum Gasteiger partial charge on any atom is 0.407 e. The standard InChI is InChI=1S/C18H27N3O5S/c1-13(2)12-26-18(23)19-15-8-10-21(11-9-15)17(22)14-4-6-16(7-5-14)20-27(3,24)25/h4-7,13,15,20H,8-12H2,1-3H3,(H,19,23). The van der Waals surface area contributed by atoms with Gasteiger partial charge in [-0.3, -0.25) is 9.52 Å². The Morgan fingerprint density at radius 3 is 2.30 bits per heavy atom. The van der Waals surface area contributed by atoms with Gasteiger partial charge < -0.3 is 15.0 Å². The first-order valence-electron chi connectivity index (χ1n) is 8.94. The van der Waals surface area contributed by atoms with Crippen LogP contribution in [0.5, 0.6) is 0 Å². The average molecular weight is 397 g/mol. The first-order valence-corrected chi connectivity index (χ1v) is 10.8. The van der Waals surface area contributed by atoms with Crippen LogP contribution in [0.3, 0.4) is 0 Å². The topological polar surface area (TPSA) is 105 Å². The number of carbonyl (C=O) groups is 2. The number of sulfonamides is 1. The highest BCUT2D eigenvalue weighted by molar-refractivity contribution is 7.92. The monoisotopic (exact) mass is 397 g/mol. The summed E-state index contributed by atoms with van der Waals surface area (Å²) >= 11 is 0. The number of piperidine rings is 1. The van der Waals surface area contributed by atoms with Gasteiger partial charge in [0.2, 0.25) is 10.0 Å². The van der Waals surface area contributed by atoms with Gasteiger partial charge in [-0.25, -0.2) is 13.2 Å². The van der Waals surface area contributed by atoms with E-state index in [4.69, 9.17) is 4.74 Å². The van der Waals surface area contributed by atoms with Crippen LogP contribution in [-0.4, -0.2) is 57.3 Å². The van der Waals surface area contributed by atoms with Gasteiger partial charge in [-0.15, -0.1) is 0 Å². The minimum atomic E-state index is -3.35. The minimum absolute atomic E-state index is 0.00458. The number of nitrogens with one attached hydrogen (secondary N) is 2. The van der Waals surface area contributed by atoms with Crippen LogP contribution in [0.2, 0.25) is 0 Å². The SMILES string of the molecule is CC(C)COC(=O)NC1CCN(C(=O)c2ccc(NS(C)(=O)=O)cc2)CC1. The predicted molar refractivity (Wildman–Crippen MR) is 103 cm³/mol. The molecule has 1 aromatic carbocycles. The molecule has 1 fully saturated rings. The van der Waals surface area contributed by atoms with E-state index in [0.29, 0.717) is 43.8 Å². The quantitative estimate of drug-likeness (QED) is 0.764. The number of hydrogen-bond acceptors (Lipinski definition) is 5. The van der Waals surface area contributed by atoms with E-state index in [9.17, 15) is 18.0 Å². The molecule has 0 atom stereocenters. The highest BCUT2D eigenvalue weighted by atomic mass is 32.2. The number of alkyl carbamates (subject to hydrolysis) is 1. The van der Waals surface area contributed by atoms with Crippen LogP contribution in [0.1, 0.15) is 37.0 Å². The van der Waals surface area contributed by atoms with E-state index in [2.05, 4.69) is 10.0 Å². The summed E-state index contributed by atoms with van der Waals surface area (Å²) in [6.07, 6.45) is 1.98. The number of amides is 2. The summed E-state index contributed by atoms with van der Waals surface area (Å²) in [6, 6.07) is 6.32. The van der Waals surface area contributed by atoms with Crippen molar-refractivity contribution in [2.45, 2.75) is 32.7 Å². The number of ether oxygens (including phenoxy) is 1. The highest BCUT2D eigenvalue weighted by Gasteiger charge is 2.25. The maximum atomic E-state index is 12.6. The molecule has 0 aliphatic carbocycles. The van der Waals surface area contributed by atoms with Crippen molar-refractivity contribution in [3.05, 3.63) is 29.8 Å². The molecule has 1 aromatic rings. The molecular formula is C18H27N3O5S. The molecule has 0 spiro atoms. The Labute approximate surface area is 160 Å². The molecule has 150 valence electrons. The van der Waals surface area contributed by atoms with Crippen LogP contribution in [-0.2, 0) is 14.8 Å². The number of hydrogen-bond donors (Lipinski definition) is 2. The summed E-state index contributed by atoms with van der Waals surface area (Å²) in [5.74, 6) is 0.177. The second kappa shape index (κ2) is 9.07. The summed E-state index contributed by atoms with van der Waals surface area (Å²) in [6.45, 7) is 5.41. The molecule has 1 saturated heterocycles. The van der Waals surface area contributed by atoms with Gasteiger partial charge in [-0.1, -0.05) is 13.8 Å². The van der Waals surface area contributed by atoms with E-state index in [1.807, 2.05) is 13.8 Å². The van der Waals surface area contributed by atoms with E-state index in [0.717, 1.165) is 6.26 Å². The molecule has 0 unspecified atom stereocenters. The Morgan fingerprint density at radius 2 is 1.78 bits per heavy atom. The van der Waals surface area contributed by atoms with Gasteiger partial charge >= 0.3 is 6.09 Å². The Balaban J connectivity index is 1.83. The zero-order valence-corrected chi connectivity index (χ0v) is 16.7. The molecule has 0 aromatic heterocycles. The first kappa shape index (κ1) is 21.0. The number of rotatable bonds is 6. The van der Waals surface area contributed by atoms with Gasteiger partial charge in [0.05, 0.1) is 12.9 Å². The molecule has 8 nitrogen and oxygen atoms in total. The summed E-state index contributed by atoms with van der Waals surface area (Å²) in [5.41, 5.74) is 0.911. The van der Waals surface area contributed by atoms with Crippen molar-refractivity contribution in [2.24, 2.45) is 5.92 Å². The zero-order chi connectivity index (χ0) is 20.0. The lowest BCUT2D eigenvalue weighted by molar-refractivity contribution is 0.0700. The van der Waals surface area contributed by atoms with E-state index < -0.39 is 16.1 Å². The van der Waals surface area contributed by atoms with Crippen molar-refractivity contribution in [3.63, 3.8) is 0 Å². The Morgan fingerprint density at radius 1 is 1.19 bits per heavy atom. The number of carbonyl (C=O) groups excluding carboxylic acids is 2. The summed E-state index contributed by atoms with van der Waals surface area (Å²) in [5, 5.41) is 2.84. The molecule has 0 bridgehead atoms. The van der Waals surface area contributed by atoms with Gasteiger partial charge in [0.25, 0.3) is 5.91 Å². The number of anilines is 1. The normalized spacial score (nSPS) is 15.5. The zero-order valence-electron chi connectivity index (χ0n) is 15.9. The minimum Gasteiger partial charge on any atom is -0.449 e. The van der Waals surface area contributed by atoms with Crippen LogP contribution in [0, 0.1) is 5.92 Å². The Bertz CT molecular complexity index is 754. The average Bonchev–Trinajstić information content (AvgIpc) is 2.59. The van der Waals surface area contributed by atoms with Gasteiger partial charge in [0, 0.05) is 30.4 Å². The third-order valence-electron chi connectivity index (χ3n) is 4.09. The molecule has 1 aliphatic rings. The molecule has 27 heavy (non-hydrogen) atoms. The lowest BCUT2D eigenvalue weighted by Gasteiger charge is -2.32. The molecule has 0 saturated carbocycles. The Kier molecular flexibility index (Phi) is 7.06. The molecule has 2 amide bonds. The van der Waals surface area contributed by atoms with Gasteiger partial charge in [-0.05, 0) is 43.0 Å². The van der Waals surface area contributed by atoms with E-state index >= 15 is 0 Å². The van der Waals surface area contributed by atoms with Crippen LogP contribution in [0.15, 0.2) is 24.3 Å². The van der Waals surface area contributed by atoms with Crippen molar-refractivity contribution >= 4 is 27.7 Å². The smallest absolute Gasteiger partial charge is 0.407 e. The van der Waals surface area contributed by atoms with Crippen molar-refractivity contribution in [3.8, 4) is 0 Å². The fourth-order valence-electron chi connectivity index (χ4n) is 2.76. The van der Waals surface area contributed by atoms with Crippen LogP contribution < -0.4 is 10.0 Å².